The van der Waals surface area contributed by atoms with Crippen LogP contribution >= 0.6 is 0 Å². The summed E-state index contributed by atoms with van der Waals surface area (Å²) >= 11 is 0. The summed E-state index contributed by atoms with van der Waals surface area (Å²) < 4.78 is 41.2. The van der Waals surface area contributed by atoms with Gasteiger partial charge in [-0.1, -0.05) is 55.0 Å². The molecule has 0 radical (unpaired) electrons. The number of aryl methyl sites for hydroxylation is 1. The third-order valence-electron chi connectivity index (χ3n) is 8.09. The standard InChI is InChI=1S/C36H41N3O6S/c1-25-10-17-32(18-11-25)46(42,43)37-29-14-19-34-33(20-29)36(41)39(27(3)24-40)21-26(2)35(45-34)23-38(4)22-28-12-15-31(16-13-28)44-30-8-6-5-7-9-30/h5-20,26-27,35,37,40H,21-24H2,1-4H3/t26-,27+,35+/m1/s1. The van der Waals surface area contributed by atoms with Crippen LogP contribution in [-0.4, -0.2) is 68.1 Å². The number of ether oxygens (including phenoxy) is 2. The summed E-state index contributed by atoms with van der Waals surface area (Å²) in [6, 6.07) is 28.5. The molecule has 0 aromatic heterocycles. The second-order valence-electron chi connectivity index (χ2n) is 12.0. The minimum absolute atomic E-state index is 0.0603. The van der Waals surface area contributed by atoms with Crippen LogP contribution in [0.2, 0.25) is 0 Å². The first-order valence-corrected chi connectivity index (χ1v) is 16.8. The van der Waals surface area contributed by atoms with E-state index in [4.69, 9.17) is 9.47 Å². The van der Waals surface area contributed by atoms with Gasteiger partial charge < -0.3 is 19.5 Å². The van der Waals surface area contributed by atoms with E-state index in [1.165, 1.54) is 6.07 Å². The highest BCUT2D eigenvalue weighted by Gasteiger charge is 2.33. The molecule has 0 spiro atoms. The van der Waals surface area contributed by atoms with Gasteiger partial charge in [0.1, 0.15) is 23.4 Å². The first kappa shape index (κ1) is 33.0. The molecule has 10 heteroatoms. The fraction of sp³-hybridized carbons (Fsp3) is 0.306. The summed E-state index contributed by atoms with van der Waals surface area (Å²) in [5.74, 6) is 1.52. The maximum atomic E-state index is 13.8. The van der Waals surface area contributed by atoms with Gasteiger partial charge >= 0.3 is 0 Å². The Morgan fingerprint density at radius 1 is 1.00 bits per heavy atom. The largest absolute Gasteiger partial charge is 0.488 e. The minimum Gasteiger partial charge on any atom is -0.488 e. The van der Waals surface area contributed by atoms with Gasteiger partial charge in [0, 0.05) is 31.2 Å². The van der Waals surface area contributed by atoms with Crippen molar-refractivity contribution in [1.82, 2.24) is 9.80 Å². The highest BCUT2D eigenvalue weighted by molar-refractivity contribution is 7.92. The number of nitrogens with zero attached hydrogens (tertiary/aromatic N) is 2. The number of rotatable bonds is 11. The van der Waals surface area contributed by atoms with Crippen LogP contribution in [0.3, 0.4) is 0 Å². The monoisotopic (exact) mass is 643 g/mol. The summed E-state index contributed by atoms with van der Waals surface area (Å²) in [4.78, 5) is 17.7. The smallest absolute Gasteiger partial charge is 0.261 e. The summed E-state index contributed by atoms with van der Waals surface area (Å²) in [6.07, 6.45) is -0.291. The molecule has 1 aliphatic rings. The van der Waals surface area contributed by atoms with Crippen LogP contribution in [0.25, 0.3) is 0 Å². The molecular weight excluding hydrogens is 602 g/mol. The number of hydrogen-bond acceptors (Lipinski definition) is 7. The Labute approximate surface area is 271 Å². The highest BCUT2D eigenvalue weighted by Crippen LogP contribution is 2.32. The molecule has 0 unspecified atom stereocenters. The zero-order valence-corrected chi connectivity index (χ0v) is 27.4. The molecule has 3 atom stereocenters. The lowest BCUT2D eigenvalue weighted by atomic mass is 9.99. The molecular formula is C36H41N3O6S. The lowest BCUT2D eigenvalue weighted by Crippen LogP contribution is -2.49. The summed E-state index contributed by atoms with van der Waals surface area (Å²) in [7, 11) is -1.86. The number of amides is 1. The van der Waals surface area contributed by atoms with Crippen LogP contribution < -0.4 is 14.2 Å². The van der Waals surface area contributed by atoms with Crippen LogP contribution in [-0.2, 0) is 16.6 Å². The third kappa shape index (κ3) is 8.06. The number of anilines is 1. The molecule has 0 fully saturated rings. The van der Waals surface area contributed by atoms with Crippen LogP contribution in [0.1, 0.15) is 35.3 Å². The van der Waals surface area contributed by atoms with Crippen molar-refractivity contribution in [3.05, 3.63) is 114 Å². The lowest BCUT2D eigenvalue weighted by molar-refractivity contribution is 0.0341. The number of aliphatic hydroxyl groups excluding tert-OH is 1. The Morgan fingerprint density at radius 2 is 1.67 bits per heavy atom. The Kier molecular flexibility index (Phi) is 10.3. The van der Waals surface area contributed by atoms with Gasteiger partial charge in [-0.3, -0.25) is 14.4 Å². The van der Waals surface area contributed by atoms with Crippen LogP contribution in [0.5, 0.6) is 17.2 Å². The predicted molar refractivity (Wildman–Crippen MR) is 179 cm³/mol. The topological polar surface area (TPSA) is 108 Å². The number of likely N-dealkylation sites (N-methyl/N-ethyl adjacent to an activating group) is 1. The zero-order valence-electron chi connectivity index (χ0n) is 26.6. The maximum absolute atomic E-state index is 13.8. The number of carbonyl (C=O) groups excluding carboxylic acids is 1. The molecule has 4 aromatic rings. The predicted octanol–water partition coefficient (Wildman–Crippen LogP) is 5.94. The van der Waals surface area contributed by atoms with Crippen molar-refractivity contribution in [3.8, 4) is 17.2 Å². The molecule has 1 heterocycles. The van der Waals surface area contributed by atoms with E-state index in [2.05, 4.69) is 9.62 Å². The number of hydrogen-bond donors (Lipinski definition) is 2. The molecule has 4 aromatic carbocycles. The molecule has 5 rings (SSSR count). The van der Waals surface area contributed by atoms with Crippen LogP contribution in [0.15, 0.2) is 102 Å². The second-order valence-corrected chi connectivity index (χ2v) is 13.7. The van der Waals surface area contributed by atoms with E-state index in [0.717, 1.165) is 22.6 Å². The van der Waals surface area contributed by atoms with E-state index in [0.29, 0.717) is 25.4 Å². The Bertz CT molecular complexity index is 1730. The molecule has 0 saturated carbocycles. The van der Waals surface area contributed by atoms with Gasteiger partial charge in [-0.15, -0.1) is 0 Å². The maximum Gasteiger partial charge on any atom is 0.261 e. The molecule has 2 N–H and O–H groups in total. The first-order chi connectivity index (χ1) is 22.0. The average molecular weight is 644 g/mol. The number of nitrogens with one attached hydrogen (secondary N) is 1. The molecule has 46 heavy (non-hydrogen) atoms. The Morgan fingerprint density at radius 3 is 2.35 bits per heavy atom. The molecule has 0 aliphatic carbocycles. The van der Waals surface area contributed by atoms with E-state index in [9.17, 15) is 18.3 Å². The van der Waals surface area contributed by atoms with Crippen molar-refractivity contribution in [1.29, 1.82) is 0 Å². The molecule has 242 valence electrons. The SMILES string of the molecule is Cc1ccc(S(=O)(=O)Nc2ccc3c(c2)C(=O)N([C@@H](C)CO)C[C@@H](C)[C@H](CN(C)Cc2ccc(Oc4ccccc4)cc2)O3)cc1. The zero-order chi connectivity index (χ0) is 32.8. The van der Waals surface area contributed by atoms with Crippen molar-refractivity contribution in [3.63, 3.8) is 0 Å². The van der Waals surface area contributed by atoms with Gasteiger partial charge in [0.2, 0.25) is 0 Å². The second kappa shape index (κ2) is 14.4. The first-order valence-electron chi connectivity index (χ1n) is 15.3. The number of benzene rings is 4. The number of carbonyl (C=O) groups is 1. The van der Waals surface area contributed by atoms with Crippen molar-refractivity contribution in [2.24, 2.45) is 5.92 Å². The third-order valence-corrected chi connectivity index (χ3v) is 9.49. The van der Waals surface area contributed by atoms with Crippen LogP contribution in [0.4, 0.5) is 5.69 Å². The Balaban J connectivity index is 1.34. The van der Waals surface area contributed by atoms with Crippen LogP contribution in [0, 0.1) is 12.8 Å². The van der Waals surface area contributed by atoms with Gasteiger partial charge in [-0.05, 0) is 81.1 Å². The van der Waals surface area contributed by atoms with E-state index >= 15 is 0 Å². The minimum atomic E-state index is -3.88. The molecule has 9 nitrogen and oxygen atoms in total. The molecule has 0 bridgehead atoms. The Hall–Kier alpha value is -4.38. The van der Waals surface area contributed by atoms with Gasteiger partial charge in [0.05, 0.1) is 23.1 Å². The van der Waals surface area contributed by atoms with Gasteiger partial charge in [-0.25, -0.2) is 8.42 Å². The fourth-order valence-corrected chi connectivity index (χ4v) is 6.46. The van der Waals surface area contributed by atoms with Crippen molar-refractivity contribution >= 4 is 21.6 Å². The summed E-state index contributed by atoms with van der Waals surface area (Å²) in [6.45, 7) is 7.11. The number of sulfonamides is 1. The summed E-state index contributed by atoms with van der Waals surface area (Å²) in [5, 5.41) is 10.00. The fourth-order valence-electron chi connectivity index (χ4n) is 5.41. The normalized spacial score (nSPS) is 17.4. The van der Waals surface area contributed by atoms with E-state index in [-0.39, 0.29) is 40.7 Å². The number of fused-ring (bicyclic) bond motifs is 1. The van der Waals surface area contributed by atoms with Crippen molar-refractivity contribution in [2.75, 3.05) is 31.5 Å². The van der Waals surface area contributed by atoms with E-state index in [1.54, 1.807) is 48.2 Å². The van der Waals surface area contributed by atoms with E-state index < -0.39 is 16.1 Å². The average Bonchev–Trinajstić information content (AvgIpc) is 3.04. The quantitative estimate of drug-likeness (QED) is 0.208. The van der Waals surface area contributed by atoms with Crippen molar-refractivity contribution in [2.45, 2.75) is 44.4 Å². The molecule has 0 saturated heterocycles. The molecule has 1 aliphatic heterocycles. The van der Waals surface area contributed by atoms with E-state index in [1.807, 2.05) is 75.5 Å². The molecule has 1 amide bonds. The van der Waals surface area contributed by atoms with Gasteiger partial charge in [0.25, 0.3) is 15.9 Å². The number of aliphatic hydroxyl groups is 1. The van der Waals surface area contributed by atoms with Gasteiger partial charge in [-0.2, -0.15) is 0 Å². The summed E-state index contributed by atoms with van der Waals surface area (Å²) in [5.41, 5.74) is 2.53. The van der Waals surface area contributed by atoms with Gasteiger partial charge in [0.15, 0.2) is 0 Å². The highest BCUT2D eigenvalue weighted by atomic mass is 32.2. The lowest BCUT2D eigenvalue weighted by Gasteiger charge is -2.38. The van der Waals surface area contributed by atoms with Crippen molar-refractivity contribution < 1.29 is 27.8 Å². The number of para-hydroxylation sites is 1.